The molecule has 0 bridgehead atoms. The van der Waals surface area contributed by atoms with Gasteiger partial charge in [-0.05, 0) is 57.2 Å². The van der Waals surface area contributed by atoms with Crippen molar-refractivity contribution in [3.8, 4) is 11.1 Å². The maximum absolute atomic E-state index is 13.3. The number of hydrogen-bond acceptors (Lipinski definition) is 5. The van der Waals surface area contributed by atoms with Gasteiger partial charge in [-0.25, -0.2) is 0 Å². The minimum Gasteiger partial charge on any atom is -0.382 e. The number of likely N-dealkylation sites (tertiary alicyclic amines) is 1. The second-order valence-corrected chi connectivity index (χ2v) is 9.41. The molecule has 8 nitrogen and oxygen atoms in total. The molecule has 1 saturated heterocycles. The summed E-state index contributed by atoms with van der Waals surface area (Å²) in [7, 11) is 0. The third kappa shape index (κ3) is 4.55. The zero-order chi connectivity index (χ0) is 22.9. The number of carbonyl (C=O) groups excluding carboxylic acids is 2. The highest BCUT2D eigenvalue weighted by molar-refractivity contribution is 6.08. The summed E-state index contributed by atoms with van der Waals surface area (Å²) in [5.74, 6) is 0.403. The molecular formula is C25H30N6O2. The number of nitrogens with zero attached hydrogens (tertiary/aromatic N) is 3. The molecule has 172 valence electrons. The van der Waals surface area contributed by atoms with E-state index in [0.717, 1.165) is 53.4 Å². The highest BCUT2D eigenvalue weighted by Crippen LogP contribution is 2.33. The number of amides is 2. The molecule has 1 aliphatic heterocycles. The molecule has 1 aliphatic carbocycles. The van der Waals surface area contributed by atoms with E-state index in [4.69, 9.17) is 0 Å². The van der Waals surface area contributed by atoms with Crippen molar-refractivity contribution < 1.29 is 9.59 Å². The Labute approximate surface area is 193 Å². The number of piperidine rings is 1. The number of benzene rings is 1. The smallest absolute Gasteiger partial charge is 0.255 e. The third-order valence-corrected chi connectivity index (χ3v) is 6.45. The van der Waals surface area contributed by atoms with Gasteiger partial charge in [0, 0.05) is 54.4 Å². The van der Waals surface area contributed by atoms with Crippen LogP contribution in [0.1, 0.15) is 49.9 Å². The number of anilines is 1. The number of aromatic amines is 1. The fourth-order valence-corrected chi connectivity index (χ4v) is 4.49. The first-order valence-electron chi connectivity index (χ1n) is 11.8. The Morgan fingerprint density at radius 3 is 2.55 bits per heavy atom. The highest BCUT2D eigenvalue weighted by atomic mass is 16.2. The normalized spacial score (nSPS) is 16.9. The maximum atomic E-state index is 13.3. The van der Waals surface area contributed by atoms with E-state index >= 15 is 0 Å². The number of carbonyl (C=O) groups is 2. The number of H-pyrrole nitrogens is 1. The Balaban J connectivity index is 1.38. The SMILES string of the molecule is CC(C)Nc1c(C(=O)NC2CCN(C(=O)C3CC3)CC2)cnc2ccc(-c3cn[nH]c3)cc12. The van der Waals surface area contributed by atoms with Crippen molar-refractivity contribution in [2.24, 2.45) is 5.92 Å². The van der Waals surface area contributed by atoms with Crippen molar-refractivity contribution in [1.82, 2.24) is 25.4 Å². The molecule has 3 N–H and O–H groups in total. The van der Waals surface area contributed by atoms with Gasteiger partial charge in [0.25, 0.3) is 5.91 Å². The molecule has 0 spiro atoms. The summed E-state index contributed by atoms with van der Waals surface area (Å²) in [6.45, 7) is 5.53. The summed E-state index contributed by atoms with van der Waals surface area (Å²) in [6.07, 6.45) is 8.90. The molecule has 0 unspecified atom stereocenters. The van der Waals surface area contributed by atoms with Crippen molar-refractivity contribution in [3.05, 3.63) is 42.4 Å². The van der Waals surface area contributed by atoms with Crippen LogP contribution < -0.4 is 10.6 Å². The van der Waals surface area contributed by atoms with Gasteiger partial charge in [-0.2, -0.15) is 5.10 Å². The largest absolute Gasteiger partial charge is 0.382 e. The van der Waals surface area contributed by atoms with Gasteiger partial charge in [-0.3, -0.25) is 19.7 Å². The number of hydrogen-bond donors (Lipinski definition) is 3. The van der Waals surface area contributed by atoms with Crippen molar-refractivity contribution in [3.63, 3.8) is 0 Å². The average molecular weight is 447 g/mol. The van der Waals surface area contributed by atoms with E-state index in [1.807, 2.05) is 23.2 Å². The summed E-state index contributed by atoms with van der Waals surface area (Å²) < 4.78 is 0. The monoisotopic (exact) mass is 446 g/mol. The summed E-state index contributed by atoms with van der Waals surface area (Å²) in [5, 5.41) is 14.5. The molecule has 2 aliphatic rings. The molecule has 3 aromatic rings. The summed E-state index contributed by atoms with van der Waals surface area (Å²) in [5.41, 5.74) is 4.15. The minimum atomic E-state index is -0.131. The first kappa shape index (κ1) is 21.4. The average Bonchev–Trinajstić information content (AvgIpc) is 3.52. The first-order valence-corrected chi connectivity index (χ1v) is 11.8. The van der Waals surface area contributed by atoms with Gasteiger partial charge >= 0.3 is 0 Å². The summed E-state index contributed by atoms with van der Waals surface area (Å²) in [4.78, 5) is 32.2. The van der Waals surface area contributed by atoms with Gasteiger partial charge < -0.3 is 15.5 Å². The number of rotatable bonds is 6. The van der Waals surface area contributed by atoms with Crippen molar-refractivity contribution in [2.75, 3.05) is 18.4 Å². The lowest BCUT2D eigenvalue weighted by molar-refractivity contribution is -0.133. The van der Waals surface area contributed by atoms with Crippen LogP contribution in [-0.4, -0.2) is 57.1 Å². The number of aromatic nitrogens is 3. The molecule has 1 saturated carbocycles. The van der Waals surface area contributed by atoms with Crippen LogP contribution >= 0.6 is 0 Å². The van der Waals surface area contributed by atoms with Crippen molar-refractivity contribution >= 4 is 28.4 Å². The van der Waals surface area contributed by atoms with Gasteiger partial charge in [0.05, 0.1) is 23.0 Å². The molecule has 1 aromatic carbocycles. The molecule has 0 radical (unpaired) electrons. The Morgan fingerprint density at radius 2 is 1.88 bits per heavy atom. The molecular weight excluding hydrogens is 416 g/mol. The standard InChI is InChI=1S/C25H30N6O2/c1-15(2)29-23-20-11-17(18-12-27-28-13-18)5-6-22(20)26-14-21(23)24(32)30-19-7-9-31(10-8-19)25(33)16-3-4-16/h5-6,11-16,19H,3-4,7-10H2,1-2H3,(H,26,29)(H,27,28)(H,30,32). The van der Waals surface area contributed by atoms with Gasteiger partial charge in [-0.1, -0.05) is 6.07 Å². The van der Waals surface area contributed by atoms with Crippen LogP contribution in [0.2, 0.25) is 0 Å². The number of nitrogens with one attached hydrogen (secondary N) is 3. The predicted octanol–water partition coefficient (Wildman–Crippen LogP) is 3.58. The quantitative estimate of drug-likeness (QED) is 0.537. The molecule has 0 atom stereocenters. The van der Waals surface area contributed by atoms with E-state index in [9.17, 15) is 9.59 Å². The summed E-state index contributed by atoms with van der Waals surface area (Å²) in [6, 6.07) is 6.24. The number of pyridine rings is 1. The van der Waals surface area contributed by atoms with Crippen LogP contribution in [0.15, 0.2) is 36.8 Å². The molecule has 5 rings (SSSR count). The topological polar surface area (TPSA) is 103 Å². The van der Waals surface area contributed by atoms with E-state index in [1.165, 1.54) is 0 Å². The van der Waals surface area contributed by atoms with E-state index in [2.05, 4.69) is 45.7 Å². The van der Waals surface area contributed by atoms with E-state index in [0.29, 0.717) is 18.7 Å². The van der Waals surface area contributed by atoms with Crippen LogP contribution in [-0.2, 0) is 4.79 Å². The molecule has 2 fully saturated rings. The van der Waals surface area contributed by atoms with Crippen LogP contribution in [0.3, 0.4) is 0 Å². The fraction of sp³-hybridized carbons (Fsp3) is 0.440. The van der Waals surface area contributed by atoms with Crippen LogP contribution in [0.25, 0.3) is 22.0 Å². The lowest BCUT2D eigenvalue weighted by Crippen LogP contribution is -2.47. The van der Waals surface area contributed by atoms with Gasteiger partial charge in [-0.15, -0.1) is 0 Å². The second kappa shape index (κ2) is 8.84. The first-order chi connectivity index (χ1) is 16.0. The zero-order valence-electron chi connectivity index (χ0n) is 19.1. The van der Waals surface area contributed by atoms with Crippen LogP contribution in [0.5, 0.6) is 0 Å². The third-order valence-electron chi connectivity index (χ3n) is 6.45. The molecule has 3 heterocycles. The Morgan fingerprint density at radius 1 is 1.09 bits per heavy atom. The Kier molecular flexibility index (Phi) is 5.74. The zero-order valence-corrected chi connectivity index (χ0v) is 19.1. The maximum Gasteiger partial charge on any atom is 0.255 e. The highest BCUT2D eigenvalue weighted by Gasteiger charge is 2.35. The Bertz CT molecular complexity index is 1160. The lowest BCUT2D eigenvalue weighted by atomic mass is 10.0. The second-order valence-electron chi connectivity index (χ2n) is 9.41. The fourth-order valence-electron chi connectivity index (χ4n) is 4.49. The van der Waals surface area contributed by atoms with Crippen molar-refractivity contribution in [1.29, 1.82) is 0 Å². The molecule has 2 amide bonds. The predicted molar refractivity (Wildman–Crippen MR) is 128 cm³/mol. The van der Waals surface area contributed by atoms with E-state index < -0.39 is 0 Å². The number of fused-ring (bicyclic) bond motifs is 1. The van der Waals surface area contributed by atoms with E-state index in [1.54, 1.807) is 12.4 Å². The van der Waals surface area contributed by atoms with Gasteiger partial charge in [0.2, 0.25) is 5.91 Å². The lowest BCUT2D eigenvalue weighted by Gasteiger charge is -2.32. The molecule has 8 heteroatoms. The Hall–Kier alpha value is -3.42. The van der Waals surface area contributed by atoms with Gasteiger partial charge in [0.1, 0.15) is 0 Å². The molecule has 33 heavy (non-hydrogen) atoms. The van der Waals surface area contributed by atoms with E-state index in [-0.39, 0.29) is 29.8 Å². The van der Waals surface area contributed by atoms with Crippen molar-refractivity contribution in [2.45, 2.75) is 51.6 Å². The van der Waals surface area contributed by atoms with Gasteiger partial charge in [0.15, 0.2) is 0 Å². The van der Waals surface area contributed by atoms with Crippen LogP contribution in [0, 0.1) is 5.92 Å². The minimum absolute atomic E-state index is 0.0561. The van der Waals surface area contributed by atoms with Crippen LogP contribution in [0.4, 0.5) is 5.69 Å². The molecule has 2 aromatic heterocycles. The summed E-state index contributed by atoms with van der Waals surface area (Å²) >= 11 is 0.